The molecular weight excluding hydrogens is 194 g/mol. The average Bonchev–Trinajstić information content (AvgIpc) is 2.29. The fourth-order valence-electron chi connectivity index (χ4n) is 2.58. The van der Waals surface area contributed by atoms with Gasteiger partial charge >= 0.3 is 0 Å². The summed E-state index contributed by atoms with van der Waals surface area (Å²) in [6, 6.07) is 0. The first-order valence-electron chi connectivity index (χ1n) is 7.44. The highest BCUT2D eigenvalue weighted by Crippen LogP contribution is 2.18. The molecule has 1 fully saturated rings. The molecule has 0 aromatic rings. The zero-order chi connectivity index (χ0) is 11.8. The first-order chi connectivity index (χ1) is 7.72. The molecule has 0 bridgehead atoms. The predicted octanol–water partition coefficient (Wildman–Crippen LogP) is 4.32. The number of hydrogen-bond acceptors (Lipinski definition) is 1. The second-order valence-corrected chi connectivity index (χ2v) is 5.91. The normalized spacial score (nSPS) is 21.2. The Morgan fingerprint density at radius 2 is 1.81 bits per heavy atom. The lowest BCUT2D eigenvalue weighted by Crippen LogP contribution is -2.34. The minimum Gasteiger partial charge on any atom is -0.303 e. The van der Waals surface area contributed by atoms with Crippen LogP contribution in [0.2, 0.25) is 0 Å². The third kappa shape index (κ3) is 5.89. The van der Waals surface area contributed by atoms with E-state index < -0.39 is 0 Å². The maximum Gasteiger partial charge on any atom is -0.00162 e. The number of piperidine rings is 1. The summed E-state index contributed by atoms with van der Waals surface area (Å²) in [6.07, 6.45) is 9.92. The van der Waals surface area contributed by atoms with Gasteiger partial charge in [-0.1, -0.05) is 46.5 Å². The van der Waals surface area contributed by atoms with E-state index in [9.17, 15) is 0 Å². The van der Waals surface area contributed by atoms with E-state index in [2.05, 4.69) is 25.7 Å². The Balaban J connectivity index is 2.00. The zero-order valence-electron chi connectivity index (χ0n) is 11.7. The predicted molar refractivity (Wildman–Crippen MR) is 72.8 cm³/mol. The molecule has 1 atom stereocenters. The number of rotatable bonds is 7. The molecule has 96 valence electrons. The van der Waals surface area contributed by atoms with Gasteiger partial charge in [0.2, 0.25) is 0 Å². The van der Waals surface area contributed by atoms with Crippen molar-refractivity contribution in [3.63, 3.8) is 0 Å². The Morgan fingerprint density at radius 1 is 1.12 bits per heavy atom. The Morgan fingerprint density at radius 3 is 2.44 bits per heavy atom. The van der Waals surface area contributed by atoms with Crippen molar-refractivity contribution in [2.75, 3.05) is 19.6 Å². The Kier molecular flexibility index (Phi) is 7.11. The molecule has 16 heavy (non-hydrogen) atoms. The van der Waals surface area contributed by atoms with Crippen LogP contribution >= 0.6 is 0 Å². The smallest absolute Gasteiger partial charge is 0.00162 e. The van der Waals surface area contributed by atoms with E-state index in [0.29, 0.717) is 0 Å². The van der Waals surface area contributed by atoms with E-state index in [1.54, 1.807) is 0 Å². The highest BCUT2D eigenvalue weighted by atomic mass is 15.1. The van der Waals surface area contributed by atoms with E-state index >= 15 is 0 Å². The van der Waals surface area contributed by atoms with Crippen LogP contribution in [0.25, 0.3) is 0 Å². The third-order valence-corrected chi connectivity index (χ3v) is 4.11. The molecule has 0 spiro atoms. The SMILES string of the molecule is CCCCCC(C)CCN1CCC(C)CC1. The molecule has 0 amide bonds. The highest BCUT2D eigenvalue weighted by molar-refractivity contribution is 4.70. The van der Waals surface area contributed by atoms with Crippen molar-refractivity contribution in [2.45, 2.75) is 65.7 Å². The monoisotopic (exact) mass is 225 g/mol. The van der Waals surface area contributed by atoms with Gasteiger partial charge in [0.1, 0.15) is 0 Å². The Bertz CT molecular complexity index is 159. The zero-order valence-corrected chi connectivity index (χ0v) is 11.7. The van der Waals surface area contributed by atoms with Gasteiger partial charge < -0.3 is 4.90 Å². The molecule has 1 saturated heterocycles. The Hall–Kier alpha value is -0.0400. The lowest BCUT2D eigenvalue weighted by molar-refractivity contribution is 0.181. The summed E-state index contributed by atoms with van der Waals surface area (Å²) in [4.78, 5) is 2.68. The fourth-order valence-corrected chi connectivity index (χ4v) is 2.58. The van der Waals surface area contributed by atoms with Gasteiger partial charge in [-0.25, -0.2) is 0 Å². The quantitative estimate of drug-likeness (QED) is 0.583. The molecule has 1 aliphatic rings. The van der Waals surface area contributed by atoms with Gasteiger partial charge in [-0.15, -0.1) is 0 Å². The standard InChI is InChI=1S/C15H31N/c1-4-5-6-7-14(2)8-11-16-12-9-15(3)10-13-16/h14-15H,4-13H2,1-3H3. The van der Waals surface area contributed by atoms with Gasteiger partial charge in [-0.2, -0.15) is 0 Å². The number of nitrogens with zero attached hydrogens (tertiary/aromatic N) is 1. The molecule has 0 saturated carbocycles. The van der Waals surface area contributed by atoms with Crippen LogP contribution in [0.3, 0.4) is 0 Å². The maximum atomic E-state index is 2.68. The fraction of sp³-hybridized carbons (Fsp3) is 1.00. The van der Waals surface area contributed by atoms with Crippen LogP contribution < -0.4 is 0 Å². The topological polar surface area (TPSA) is 3.24 Å². The van der Waals surface area contributed by atoms with E-state index in [0.717, 1.165) is 11.8 Å². The molecule has 1 unspecified atom stereocenters. The van der Waals surface area contributed by atoms with Crippen molar-refractivity contribution in [3.05, 3.63) is 0 Å². The first kappa shape index (κ1) is 14.0. The summed E-state index contributed by atoms with van der Waals surface area (Å²) in [5, 5.41) is 0. The molecular formula is C15H31N. The van der Waals surface area contributed by atoms with Crippen molar-refractivity contribution in [1.82, 2.24) is 4.90 Å². The summed E-state index contributed by atoms with van der Waals surface area (Å²) in [7, 11) is 0. The second-order valence-electron chi connectivity index (χ2n) is 5.91. The summed E-state index contributed by atoms with van der Waals surface area (Å²) in [6.45, 7) is 11.2. The van der Waals surface area contributed by atoms with Crippen LogP contribution in [0.4, 0.5) is 0 Å². The number of hydrogen-bond donors (Lipinski definition) is 0. The van der Waals surface area contributed by atoms with Gasteiger partial charge in [0.15, 0.2) is 0 Å². The molecule has 0 N–H and O–H groups in total. The number of likely N-dealkylation sites (tertiary alicyclic amines) is 1. The summed E-state index contributed by atoms with van der Waals surface area (Å²) >= 11 is 0. The number of unbranched alkanes of at least 4 members (excludes halogenated alkanes) is 2. The molecule has 1 aliphatic heterocycles. The van der Waals surface area contributed by atoms with Crippen LogP contribution in [-0.2, 0) is 0 Å². The molecule has 0 aromatic carbocycles. The van der Waals surface area contributed by atoms with E-state index in [-0.39, 0.29) is 0 Å². The van der Waals surface area contributed by atoms with Crippen molar-refractivity contribution >= 4 is 0 Å². The van der Waals surface area contributed by atoms with Gasteiger partial charge in [-0.3, -0.25) is 0 Å². The van der Waals surface area contributed by atoms with Crippen molar-refractivity contribution in [3.8, 4) is 0 Å². The van der Waals surface area contributed by atoms with Gasteiger partial charge in [0.05, 0.1) is 0 Å². The molecule has 1 rings (SSSR count). The summed E-state index contributed by atoms with van der Waals surface area (Å²) in [5.41, 5.74) is 0. The van der Waals surface area contributed by atoms with Gasteiger partial charge in [-0.05, 0) is 50.7 Å². The van der Waals surface area contributed by atoms with Crippen molar-refractivity contribution in [1.29, 1.82) is 0 Å². The minimum atomic E-state index is 0.936. The van der Waals surface area contributed by atoms with Crippen molar-refractivity contribution < 1.29 is 0 Å². The average molecular weight is 225 g/mol. The van der Waals surface area contributed by atoms with Crippen LogP contribution in [0.15, 0.2) is 0 Å². The lowest BCUT2D eigenvalue weighted by atomic mass is 9.97. The molecule has 1 heteroatoms. The maximum absolute atomic E-state index is 2.68. The van der Waals surface area contributed by atoms with E-state index in [4.69, 9.17) is 0 Å². The van der Waals surface area contributed by atoms with E-state index in [1.807, 2.05) is 0 Å². The molecule has 0 radical (unpaired) electrons. The van der Waals surface area contributed by atoms with Crippen LogP contribution in [-0.4, -0.2) is 24.5 Å². The van der Waals surface area contributed by atoms with Crippen LogP contribution in [0, 0.1) is 11.8 Å². The van der Waals surface area contributed by atoms with Gasteiger partial charge in [0, 0.05) is 0 Å². The molecule has 1 heterocycles. The third-order valence-electron chi connectivity index (χ3n) is 4.11. The largest absolute Gasteiger partial charge is 0.303 e. The van der Waals surface area contributed by atoms with E-state index in [1.165, 1.54) is 64.6 Å². The van der Waals surface area contributed by atoms with Gasteiger partial charge in [0.25, 0.3) is 0 Å². The summed E-state index contributed by atoms with van der Waals surface area (Å²) < 4.78 is 0. The minimum absolute atomic E-state index is 0.936. The lowest BCUT2D eigenvalue weighted by Gasteiger charge is -2.30. The summed E-state index contributed by atoms with van der Waals surface area (Å²) in [5.74, 6) is 1.91. The van der Waals surface area contributed by atoms with Crippen LogP contribution in [0.5, 0.6) is 0 Å². The highest BCUT2D eigenvalue weighted by Gasteiger charge is 2.15. The van der Waals surface area contributed by atoms with Crippen LogP contribution in [0.1, 0.15) is 65.7 Å². The molecule has 0 aromatic heterocycles. The molecule has 0 aliphatic carbocycles. The second kappa shape index (κ2) is 8.11. The Labute approximate surface area is 103 Å². The molecule has 1 nitrogen and oxygen atoms in total. The first-order valence-corrected chi connectivity index (χ1v) is 7.44. The van der Waals surface area contributed by atoms with Crippen molar-refractivity contribution in [2.24, 2.45) is 11.8 Å².